The van der Waals surface area contributed by atoms with Crippen LogP contribution in [-0.4, -0.2) is 52.7 Å². The van der Waals surface area contributed by atoms with Crippen LogP contribution < -0.4 is 15.6 Å². The van der Waals surface area contributed by atoms with E-state index < -0.39 is 12.1 Å². The van der Waals surface area contributed by atoms with Crippen molar-refractivity contribution in [1.82, 2.24) is 15.5 Å². The Labute approximate surface area is 163 Å². The van der Waals surface area contributed by atoms with E-state index in [4.69, 9.17) is 9.47 Å². The fourth-order valence-corrected chi connectivity index (χ4v) is 2.36. The van der Waals surface area contributed by atoms with Crippen LogP contribution in [0.15, 0.2) is 35.1 Å². The molecule has 0 aliphatic rings. The van der Waals surface area contributed by atoms with Crippen LogP contribution in [0.5, 0.6) is 5.75 Å². The van der Waals surface area contributed by atoms with Crippen LogP contribution >= 0.6 is 0 Å². The number of aromatic amines is 1. The van der Waals surface area contributed by atoms with Crippen LogP contribution in [0.2, 0.25) is 0 Å². The molecule has 1 unspecified atom stereocenters. The van der Waals surface area contributed by atoms with Crippen molar-refractivity contribution in [3.8, 4) is 17.0 Å². The highest BCUT2D eigenvalue weighted by atomic mass is 16.5. The van der Waals surface area contributed by atoms with Crippen LogP contribution in [0.4, 0.5) is 0 Å². The SMILES string of the molecule is CCOC(=O)c1ccc(OCC(O)CNC(C)(C)C)c(-c2ccc(=O)[nH]n2)c1. The number of H-pyrrole nitrogens is 1. The maximum atomic E-state index is 12.0. The summed E-state index contributed by atoms with van der Waals surface area (Å²) in [5.41, 5.74) is 0.831. The van der Waals surface area contributed by atoms with Crippen LogP contribution in [0.25, 0.3) is 11.3 Å². The Morgan fingerprint density at radius 3 is 2.64 bits per heavy atom. The molecule has 0 saturated carbocycles. The van der Waals surface area contributed by atoms with Gasteiger partial charge in [-0.1, -0.05) is 0 Å². The summed E-state index contributed by atoms with van der Waals surface area (Å²) < 4.78 is 10.8. The Bertz CT molecular complexity index is 837. The molecule has 8 heteroatoms. The summed E-state index contributed by atoms with van der Waals surface area (Å²) in [6.45, 7) is 8.44. The Morgan fingerprint density at radius 2 is 2.04 bits per heavy atom. The maximum absolute atomic E-state index is 12.0. The van der Waals surface area contributed by atoms with E-state index >= 15 is 0 Å². The first-order chi connectivity index (χ1) is 13.2. The van der Waals surface area contributed by atoms with E-state index in [2.05, 4.69) is 15.5 Å². The van der Waals surface area contributed by atoms with Gasteiger partial charge in [-0.3, -0.25) is 4.79 Å². The van der Waals surface area contributed by atoms with Gasteiger partial charge in [0.05, 0.1) is 17.9 Å². The molecule has 1 heterocycles. The van der Waals surface area contributed by atoms with Crippen LogP contribution in [0, 0.1) is 0 Å². The number of hydrogen-bond donors (Lipinski definition) is 3. The van der Waals surface area contributed by atoms with Crippen molar-refractivity contribution < 1.29 is 19.4 Å². The van der Waals surface area contributed by atoms with Gasteiger partial charge in [0.15, 0.2) is 0 Å². The largest absolute Gasteiger partial charge is 0.490 e. The molecule has 1 aromatic heterocycles. The summed E-state index contributed by atoms with van der Waals surface area (Å²) in [6, 6.07) is 7.67. The smallest absolute Gasteiger partial charge is 0.338 e. The van der Waals surface area contributed by atoms with E-state index in [1.807, 2.05) is 20.8 Å². The number of carbonyl (C=O) groups excluding carboxylic acids is 1. The Morgan fingerprint density at radius 1 is 1.29 bits per heavy atom. The monoisotopic (exact) mass is 389 g/mol. The predicted octanol–water partition coefficient (Wildman–Crippen LogP) is 1.74. The van der Waals surface area contributed by atoms with E-state index in [0.29, 0.717) is 29.1 Å². The van der Waals surface area contributed by atoms with Gasteiger partial charge in [0, 0.05) is 23.7 Å². The normalized spacial score (nSPS) is 12.5. The zero-order chi connectivity index (χ0) is 20.7. The molecule has 0 spiro atoms. The third-order valence-electron chi connectivity index (χ3n) is 3.75. The molecule has 0 radical (unpaired) electrons. The molecule has 1 aromatic carbocycles. The van der Waals surface area contributed by atoms with E-state index in [0.717, 1.165) is 0 Å². The maximum Gasteiger partial charge on any atom is 0.338 e. The average Bonchev–Trinajstić information content (AvgIpc) is 2.65. The lowest BCUT2D eigenvalue weighted by Crippen LogP contribution is -2.42. The van der Waals surface area contributed by atoms with Gasteiger partial charge < -0.3 is 19.9 Å². The molecule has 2 aromatic rings. The number of nitrogens with zero attached hydrogens (tertiary/aromatic N) is 1. The van der Waals surface area contributed by atoms with Gasteiger partial charge in [0.25, 0.3) is 5.56 Å². The van der Waals surface area contributed by atoms with Gasteiger partial charge in [0.1, 0.15) is 18.5 Å². The first-order valence-electron chi connectivity index (χ1n) is 9.13. The zero-order valence-electron chi connectivity index (χ0n) is 16.6. The summed E-state index contributed by atoms with van der Waals surface area (Å²) in [5, 5.41) is 19.7. The number of β-amino-alcohol motifs (C(OH)–C–C–N with tert-alkyl or cyclic N) is 1. The van der Waals surface area contributed by atoms with Gasteiger partial charge in [-0.2, -0.15) is 5.10 Å². The van der Waals surface area contributed by atoms with Crippen molar-refractivity contribution >= 4 is 5.97 Å². The molecule has 0 aliphatic heterocycles. The molecule has 1 atom stereocenters. The van der Waals surface area contributed by atoms with Gasteiger partial charge >= 0.3 is 5.97 Å². The minimum atomic E-state index is -0.722. The molecule has 3 N–H and O–H groups in total. The molecule has 152 valence electrons. The number of ether oxygens (including phenoxy) is 2. The van der Waals surface area contributed by atoms with Crippen LogP contribution in [-0.2, 0) is 4.74 Å². The van der Waals surface area contributed by atoms with E-state index in [-0.39, 0.29) is 24.3 Å². The molecular formula is C20H27N3O5. The van der Waals surface area contributed by atoms with Gasteiger partial charge in [0.2, 0.25) is 0 Å². The first-order valence-corrected chi connectivity index (χ1v) is 9.13. The molecule has 0 bridgehead atoms. The number of carbonyl (C=O) groups is 1. The third kappa shape index (κ3) is 6.47. The molecule has 2 rings (SSSR count). The van der Waals surface area contributed by atoms with E-state index in [9.17, 15) is 14.7 Å². The van der Waals surface area contributed by atoms with Crippen LogP contribution in [0.1, 0.15) is 38.1 Å². The van der Waals surface area contributed by atoms with Crippen molar-refractivity contribution in [2.24, 2.45) is 0 Å². The van der Waals surface area contributed by atoms with Gasteiger partial charge in [-0.15, -0.1) is 0 Å². The number of aliphatic hydroxyl groups is 1. The van der Waals surface area contributed by atoms with E-state index in [1.54, 1.807) is 25.1 Å². The summed E-state index contributed by atoms with van der Waals surface area (Å²) in [5.74, 6) is -0.0310. The fraction of sp³-hybridized carbons (Fsp3) is 0.450. The topological polar surface area (TPSA) is 114 Å². The molecule has 28 heavy (non-hydrogen) atoms. The molecule has 0 fully saturated rings. The lowest BCUT2D eigenvalue weighted by Gasteiger charge is -2.23. The summed E-state index contributed by atoms with van der Waals surface area (Å²) >= 11 is 0. The summed E-state index contributed by atoms with van der Waals surface area (Å²) in [4.78, 5) is 23.4. The van der Waals surface area contributed by atoms with Crippen molar-refractivity contribution in [3.05, 3.63) is 46.2 Å². The van der Waals surface area contributed by atoms with Crippen molar-refractivity contribution in [3.63, 3.8) is 0 Å². The standard InChI is InChI=1S/C20H27N3O5/c1-5-27-19(26)13-6-8-17(28-12-14(24)11-21-20(2,3)4)15(10-13)16-7-9-18(25)23-22-16/h6-10,14,21,24H,5,11-12H2,1-4H3,(H,23,25). The van der Waals surface area contributed by atoms with Crippen molar-refractivity contribution in [2.75, 3.05) is 19.8 Å². The Hall–Kier alpha value is -2.71. The molecule has 8 nitrogen and oxygen atoms in total. The zero-order valence-corrected chi connectivity index (χ0v) is 16.6. The average molecular weight is 389 g/mol. The van der Waals surface area contributed by atoms with E-state index in [1.165, 1.54) is 12.1 Å². The minimum absolute atomic E-state index is 0.0538. The molecule has 0 amide bonds. The highest BCUT2D eigenvalue weighted by molar-refractivity contribution is 5.91. The van der Waals surface area contributed by atoms with Crippen molar-refractivity contribution in [2.45, 2.75) is 39.3 Å². The van der Waals surface area contributed by atoms with Crippen molar-refractivity contribution in [1.29, 1.82) is 0 Å². The number of rotatable bonds is 8. The second-order valence-corrected chi connectivity index (χ2v) is 7.33. The van der Waals surface area contributed by atoms with Crippen LogP contribution in [0.3, 0.4) is 0 Å². The highest BCUT2D eigenvalue weighted by Crippen LogP contribution is 2.29. The third-order valence-corrected chi connectivity index (χ3v) is 3.75. The molecule has 0 aliphatic carbocycles. The molecule has 0 saturated heterocycles. The quantitative estimate of drug-likeness (QED) is 0.589. The molecular weight excluding hydrogens is 362 g/mol. The number of hydrogen-bond acceptors (Lipinski definition) is 7. The first kappa shape index (κ1) is 21.6. The highest BCUT2D eigenvalue weighted by Gasteiger charge is 2.17. The summed E-state index contributed by atoms with van der Waals surface area (Å²) in [6.07, 6.45) is -0.722. The number of esters is 1. The number of benzene rings is 1. The number of aromatic nitrogens is 2. The second-order valence-electron chi connectivity index (χ2n) is 7.33. The Kier molecular flexibility index (Phi) is 7.31. The Balaban J connectivity index is 2.23. The minimum Gasteiger partial charge on any atom is -0.490 e. The lowest BCUT2D eigenvalue weighted by molar-refractivity contribution is 0.0526. The number of aliphatic hydroxyl groups excluding tert-OH is 1. The fourth-order valence-electron chi connectivity index (χ4n) is 2.36. The van der Waals surface area contributed by atoms with Gasteiger partial charge in [-0.05, 0) is 52.0 Å². The van der Waals surface area contributed by atoms with Gasteiger partial charge in [-0.25, -0.2) is 9.89 Å². The number of nitrogens with one attached hydrogen (secondary N) is 2. The summed E-state index contributed by atoms with van der Waals surface area (Å²) in [7, 11) is 0. The predicted molar refractivity (Wildman–Crippen MR) is 106 cm³/mol. The second kappa shape index (κ2) is 9.48. The lowest BCUT2D eigenvalue weighted by atomic mass is 10.1.